The zero-order valence-electron chi connectivity index (χ0n) is 20.0. The summed E-state index contributed by atoms with van der Waals surface area (Å²) in [6.45, 7) is 2.86. The monoisotopic (exact) mass is 424 g/mol. The van der Waals surface area contributed by atoms with Gasteiger partial charge in [0.25, 0.3) is 0 Å². The van der Waals surface area contributed by atoms with E-state index in [1.54, 1.807) is 25.1 Å². The highest BCUT2D eigenvalue weighted by molar-refractivity contribution is 5.87. The second kappa shape index (κ2) is 20.9. The van der Waals surface area contributed by atoms with Gasteiger partial charge in [-0.3, -0.25) is 14.5 Å². The summed E-state index contributed by atoms with van der Waals surface area (Å²) in [4.78, 5) is 24.6. The average molecular weight is 425 g/mol. The highest BCUT2D eigenvalue weighted by Gasteiger charge is 2.18. The van der Waals surface area contributed by atoms with E-state index in [1.165, 1.54) is 70.6 Å². The standard InChI is InChI=1S/C25H48N2O3/c1-4-5-6-7-8-9-10-11-12-13-14-15-16-17-21-24(28)26-22-19-18-20-23(25(29)30)27(2)3/h17,21,23H,4-16,18-20,22H2,1-3H3,(H,26,28)(H,29,30)/b21-17+/t23-/m0/s1. The van der Waals surface area contributed by atoms with Crippen LogP contribution in [0.25, 0.3) is 0 Å². The topological polar surface area (TPSA) is 69.6 Å². The predicted octanol–water partition coefficient (Wildman–Crippen LogP) is 5.94. The fraction of sp³-hybridized carbons (Fsp3) is 0.840. The summed E-state index contributed by atoms with van der Waals surface area (Å²) in [5.41, 5.74) is 0. The van der Waals surface area contributed by atoms with Crippen LogP contribution in [0.1, 0.15) is 110 Å². The Morgan fingerprint density at radius 1 is 0.833 bits per heavy atom. The van der Waals surface area contributed by atoms with Crippen molar-refractivity contribution < 1.29 is 14.7 Å². The summed E-state index contributed by atoms with van der Waals surface area (Å²) < 4.78 is 0. The molecule has 0 aliphatic carbocycles. The van der Waals surface area contributed by atoms with Gasteiger partial charge in [0, 0.05) is 6.54 Å². The Kier molecular flexibility index (Phi) is 19.9. The van der Waals surface area contributed by atoms with Crippen LogP contribution in [0.15, 0.2) is 12.2 Å². The van der Waals surface area contributed by atoms with Gasteiger partial charge in [0.15, 0.2) is 0 Å². The second-order valence-corrected chi connectivity index (χ2v) is 8.68. The van der Waals surface area contributed by atoms with E-state index in [-0.39, 0.29) is 5.91 Å². The molecule has 0 aromatic heterocycles. The molecule has 1 amide bonds. The van der Waals surface area contributed by atoms with Crippen LogP contribution < -0.4 is 5.32 Å². The molecule has 0 saturated carbocycles. The van der Waals surface area contributed by atoms with Gasteiger partial charge in [-0.1, -0.05) is 83.6 Å². The van der Waals surface area contributed by atoms with E-state index in [4.69, 9.17) is 5.11 Å². The Hall–Kier alpha value is -1.36. The van der Waals surface area contributed by atoms with Crippen molar-refractivity contribution in [3.63, 3.8) is 0 Å². The number of hydrogen-bond acceptors (Lipinski definition) is 3. The Labute approximate surface area is 185 Å². The summed E-state index contributed by atoms with van der Waals surface area (Å²) in [6, 6.07) is -0.448. The van der Waals surface area contributed by atoms with E-state index in [0.29, 0.717) is 13.0 Å². The predicted molar refractivity (Wildman–Crippen MR) is 127 cm³/mol. The lowest BCUT2D eigenvalue weighted by atomic mass is 10.0. The molecule has 30 heavy (non-hydrogen) atoms. The number of carboxylic acid groups (broad SMARTS) is 1. The number of rotatable bonds is 21. The molecule has 0 unspecified atom stereocenters. The number of carbonyl (C=O) groups excluding carboxylic acids is 1. The highest BCUT2D eigenvalue weighted by Crippen LogP contribution is 2.12. The highest BCUT2D eigenvalue weighted by atomic mass is 16.4. The first-order valence-electron chi connectivity index (χ1n) is 12.3. The smallest absolute Gasteiger partial charge is 0.320 e. The summed E-state index contributed by atoms with van der Waals surface area (Å²) in [6.07, 6.45) is 22.9. The van der Waals surface area contributed by atoms with Gasteiger partial charge in [-0.15, -0.1) is 0 Å². The number of aliphatic carboxylic acids is 1. The van der Waals surface area contributed by atoms with Crippen molar-refractivity contribution in [1.82, 2.24) is 10.2 Å². The van der Waals surface area contributed by atoms with Crippen molar-refractivity contribution >= 4 is 11.9 Å². The van der Waals surface area contributed by atoms with Gasteiger partial charge in [-0.2, -0.15) is 0 Å². The molecule has 0 aromatic carbocycles. The summed E-state index contributed by atoms with van der Waals surface area (Å²) in [7, 11) is 3.56. The molecule has 0 heterocycles. The molecule has 1 atom stereocenters. The minimum Gasteiger partial charge on any atom is -0.480 e. The van der Waals surface area contributed by atoms with Crippen LogP contribution in [0.3, 0.4) is 0 Å². The molecular formula is C25H48N2O3. The van der Waals surface area contributed by atoms with Crippen molar-refractivity contribution in [3.8, 4) is 0 Å². The van der Waals surface area contributed by atoms with E-state index in [9.17, 15) is 9.59 Å². The van der Waals surface area contributed by atoms with Crippen LogP contribution in [0.2, 0.25) is 0 Å². The zero-order valence-corrected chi connectivity index (χ0v) is 20.0. The van der Waals surface area contributed by atoms with Crippen LogP contribution in [0.5, 0.6) is 0 Å². The van der Waals surface area contributed by atoms with Gasteiger partial charge in [-0.05, 0) is 52.3 Å². The number of nitrogens with zero attached hydrogens (tertiary/aromatic N) is 1. The maximum absolute atomic E-state index is 11.8. The molecule has 0 saturated heterocycles. The first-order valence-corrected chi connectivity index (χ1v) is 12.3. The van der Waals surface area contributed by atoms with Crippen molar-refractivity contribution in [3.05, 3.63) is 12.2 Å². The van der Waals surface area contributed by atoms with Gasteiger partial charge in [0.1, 0.15) is 6.04 Å². The molecular weight excluding hydrogens is 376 g/mol. The Bertz CT molecular complexity index is 450. The molecule has 0 rings (SSSR count). The lowest BCUT2D eigenvalue weighted by Gasteiger charge is -2.19. The quantitative estimate of drug-likeness (QED) is 0.177. The molecule has 5 heteroatoms. The molecule has 0 spiro atoms. The Balaban J connectivity index is 3.44. The van der Waals surface area contributed by atoms with Crippen LogP contribution in [0.4, 0.5) is 0 Å². The van der Waals surface area contributed by atoms with Gasteiger partial charge in [-0.25, -0.2) is 0 Å². The first-order chi connectivity index (χ1) is 14.5. The Morgan fingerprint density at radius 3 is 1.87 bits per heavy atom. The molecule has 0 aromatic rings. The summed E-state index contributed by atoms with van der Waals surface area (Å²) >= 11 is 0. The van der Waals surface area contributed by atoms with E-state index in [2.05, 4.69) is 12.2 Å². The fourth-order valence-corrected chi connectivity index (χ4v) is 3.63. The normalized spacial score (nSPS) is 12.5. The molecule has 0 radical (unpaired) electrons. The third-order valence-corrected chi connectivity index (χ3v) is 5.61. The number of carboxylic acids is 1. The van der Waals surface area contributed by atoms with Crippen LogP contribution in [-0.2, 0) is 9.59 Å². The average Bonchev–Trinajstić information content (AvgIpc) is 2.70. The minimum absolute atomic E-state index is 0.0451. The lowest BCUT2D eigenvalue weighted by molar-refractivity contribution is -0.142. The van der Waals surface area contributed by atoms with Crippen molar-refractivity contribution in [2.75, 3.05) is 20.6 Å². The maximum Gasteiger partial charge on any atom is 0.320 e. The summed E-state index contributed by atoms with van der Waals surface area (Å²) in [5.74, 6) is -0.832. The number of amides is 1. The number of allylic oxidation sites excluding steroid dienone is 1. The maximum atomic E-state index is 11.8. The van der Waals surface area contributed by atoms with Crippen molar-refractivity contribution in [1.29, 1.82) is 0 Å². The minimum atomic E-state index is -0.787. The van der Waals surface area contributed by atoms with Gasteiger partial charge in [0.05, 0.1) is 0 Å². The third kappa shape index (κ3) is 18.7. The van der Waals surface area contributed by atoms with Gasteiger partial charge >= 0.3 is 5.97 Å². The summed E-state index contributed by atoms with van der Waals surface area (Å²) in [5, 5.41) is 12.0. The Morgan fingerprint density at radius 2 is 1.37 bits per heavy atom. The lowest BCUT2D eigenvalue weighted by Crippen LogP contribution is -2.35. The van der Waals surface area contributed by atoms with Crippen LogP contribution in [0, 0.1) is 0 Å². The molecule has 2 N–H and O–H groups in total. The molecule has 176 valence electrons. The van der Waals surface area contributed by atoms with Crippen LogP contribution >= 0.6 is 0 Å². The van der Waals surface area contributed by atoms with Crippen molar-refractivity contribution in [2.45, 2.75) is 116 Å². The number of hydrogen-bond donors (Lipinski definition) is 2. The molecule has 0 bridgehead atoms. The molecule has 0 aliphatic heterocycles. The molecule has 0 aliphatic rings. The van der Waals surface area contributed by atoms with Gasteiger partial charge in [0.2, 0.25) is 5.91 Å². The van der Waals surface area contributed by atoms with Crippen LogP contribution in [-0.4, -0.2) is 48.6 Å². The SMILES string of the molecule is CCCCCCCCCCCCCC/C=C/C(=O)NCCCC[C@@H](C(=O)O)N(C)C. The first kappa shape index (κ1) is 28.6. The fourth-order valence-electron chi connectivity index (χ4n) is 3.63. The number of unbranched alkanes of at least 4 members (excludes halogenated alkanes) is 13. The molecule has 0 fully saturated rings. The number of nitrogens with one attached hydrogen (secondary N) is 1. The number of carbonyl (C=O) groups is 2. The van der Waals surface area contributed by atoms with E-state index >= 15 is 0 Å². The van der Waals surface area contributed by atoms with E-state index in [0.717, 1.165) is 25.7 Å². The number of likely N-dealkylation sites (N-methyl/N-ethyl adjacent to an activating group) is 1. The van der Waals surface area contributed by atoms with E-state index in [1.807, 2.05) is 6.08 Å². The molecule has 5 nitrogen and oxygen atoms in total. The zero-order chi connectivity index (χ0) is 22.5. The van der Waals surface area contributed by atoms with Gasteiger partial charge < -0.3 is 10.4 Å². The largest absolute Gasteiger partial charge is 0.480 e. The van der Waals surface area contributed by atoms with E-state index < -0.39 is 12.0 Å². The third-order valence-electron chi connectivity index (χ3n) is 5.61. The van der Waals surface area contributed by atoms with Crippen molar-refractivity contribution in [2.24, 2.45) is 0 Å². The second-order valence-electron chi connectivity index (χ2n) is 8.68.